The second kappa shape index (κ2) is 9.55. The summed E-state index contributed by atoms with van der Waals surface area (Å²) < 4.78 is 69.8. The Kier molecular flexibility index (Phi) is 6.88. The van der Waals surface area contributed by atoms with Crippen LogP contribution in [0.5, 0.6) is 5.75 Å². The zero-order valence-corrected chi connectivity index (χ0v) is 19.3. The Hall–Kier alpha value is -2.63. The lowest BCUT2D eigenvalue weighted by molar-refractivity contribution is -0.137. The lowest BCUT2D eigenvalue weighted by atomic mass is 9.94. The van der Waals surface area contributed by atoms with Crippen LogP contribution in [-0.4, -0.2) is 46.6 Å². The third kappa shape index (κ3) is 5.06. The number of piperidine rings is 1. The molecule has 2 fully saturated rings. The molecule has 2 saturated heterocycles. The molecule has 1 amide bonds. The normalized spacial score (nSPS) is 22.8. The molecule has 3 unspecified atom stereocenters. The summed E-state index contributed by atoms with van der Waals surface area (Å²) in [4.78, 5) is 12.1. The Labute approximate surface area is 196 Å². The molecule has 184 valence electrons. The van der Waals surface area contributed by atoms with Crippen molar-refractivity contribution in [2.24, 2.45) is 5.92 Å². The van der Waals surface area contributed by atoms with Gasteiger partial charge in [-0.1, -0.05) is 12.1 Å². The van der Waals surface area contributed by atoms with Gasteiger partial charge in [0.25, 0.3) is 0 Å². The molecule has 2 aromatic rings. The van der Waals surface area contributed by atoms with Crippen molar-refractivity contribution >= 4 is 15.7 Å². The SMILES string of the molecule is COc1cc(C(F)(F)F)ccc1S(=O)(=O)c1ccc(CNC(=O)C2CC3CNCCC3N2)cc1. The molecule has 3 N–H and O–H groups in total. The quantitative estimate of drug-likeness (QED) is 0.568. The number of carbonyl (C=O) groups is 1. The molecule has 0 aromatic heterocycles. The number of amides is 1. The van der Waals surface area contributed by atoms with Crippen LogP contribution in [0, 0.1) is 5.92 Å². The van der Waals surface area contributed by atoms with Crippen molar-refractivity contribution < 1.29 is 31.1 Å². The van der Waals surface area contributed by atoms with E-state index >= 15 is 0 Å². The number of sulfone groups is 1. The van der Waals surface area contributed by atoms with Crippen molar-refractivity contribution in [2.75, 3.05) is 20.2 Å². The fourth-order valence-corrected chi connectivity index (χ4v) is 5.90. The molecule has 4 rings (SSSR count). The molecule has 2 aromatic carbocycles. The molecular formula is C23H26F3N3O4S. The van der Waals surface area contributed by atoms with Crippen LogP contribution >= 0.6 is 0 Å². The number of rotatable bonds is 6. The van der Waals surface area contributed by atoms with Gasteiger partial charge in [0.15, 0.2) is 0 Å². The third-order valence-electron chi connectivity index (χ3n) is 6.36. The van der Waals surface area contributed by atoms with Gasteiger partial charge in [-0.2, -0.15) is 13.2 Å². The minimum absolute atomic E-state index is 0.0883. The van der Waals surface area contributed by atoms with Crippen LogP contribution in [0.3, 0.4) is 0 Å². The van der Waals surface area contributed by atoms with Crippen LogP contribution in [0.25, 0.3) is 0 Å². The van der Waals surface area contributed by atoms with E-state index in [1.807, 2.05) is 0 Å². The van der Waals surface area contributed by atoms with Gasteiger partial charge in [0.2, 0.25) is 15.7 Å². The zero-order valence-electron chi connectivity index (χ0n) is 18.5. The molecule has 0 aliphatic carbocycles. The fourth-order valence-electron chi connectivity index (χ4n) is 4.49. The van der Waals surface area contributed by atoms with E-state index in [1.165, 1.54) is 12.1 Å². The number of ether oxygens (including phenoxy) is 1. The number of alkyl halides is 3. The highest BCUT2D eigenvalue weighted by molar-refractivity contribution is 7.91. The molecule has 2 aliphatic heterocycles. The molecule has 11 heteroatoms. The number of halogens is 3. The molecule has 2 heterocycles. The van der Waals surface area contributed by atoms with Crippen LogP contribution in [0.15, 0.2) is 52.3 Å². The number of carbonyl (C=O) groups excluding carboxylic acids is 1. The van der Waals surface area contributed by atoms with Gasteiger partial charge in [-0.05, 0) is 67.7 Å². The van der Waals surface area contributed by atoms with Crippen LogP contribution in [0.4, 0.5) is 13.2 Å². The van der Waals surface area contributed by atoms with E-state index < -0.39 is 21.6 Å². The molecule has 2 aliphatic rings. The van der Waals surface area contributed by atoms with Crippen molar-refractivity contribution in [2.45, 2.75) is 47.4 Å². The number of fused-ring (bicyclic) bond motifs is 1. The maximum absolute atomic E-state index is 13.0. The predicted molar refractivity (Wildman–Crippen MR) is 118 cm³/mol. The largest absolute Gasteiger partial charge is 0.495 e. The van der Waals surface area contributed by atoms with Gasteiger partial charge in [-0.15, -0.1) is 0 Å². The first-order chi connectivity index (χ1) is 16.1. The van der Waals surface area contributed by atoms with E-state index in [0.29, 0.717) is 29.7 Å². The predicted octanol–water partition coefficient (Wildman–Crippen LogP) is 2.50. The van der Waals surface area contributed by atoms with Gasteiger partial charge in [0.1, 0.15) is 10.6 Å². The van der Waals surface area contributed by atoms with E-state index in [2.05, 4.69) is 16.0 Å². The summed E-state index contributed by atoms with van der Waals surface area (Å²) in [6.07, 6.45) is -2.85. The average Bonchev–Trinajstić information content (AvgIpc) is 3.26. The van der Waals surface area contributed by atoms with E-state index in [0.717, 1.165) is 39.1 Å². The van der Waals surface area contributed by atoms with Crippen molar-refractivity contribution in [3.63, 3.8) is 0 Å². The second-order valence-electron chi connectivity index (χ2n) is 8.54. The molecule has 0 bridgehead atoms. The highest BCUT2D eigenvalue weighted by Gasteiger charge is 2.38. The molecule has 7 nitrogen and oxygen atoms in total. The number of hydrogen-bond donors (Lipinski definition) is 3. The minimum Gasteiger partial charge on any atom is -0.495 e. The van der Waals surface area contributed by atoms with E-state index in [4.69, 9.17) is 4.74 Å². The number of nitrogens with one attached hydrogen (secondary N) is 3. The van der Waals surface area contributed by atoms with Crippen LogP contribution < -0.4 is 20.7 Å². The van der Waals surface area contributed by atoms with Crippen LogP contribution in [0.1, 0.15) is 24.0 Å². The molecule has 0 spiro atoms. The summed E-state index contributed by atoms with van der Waals surface area (Å²) >= 11 is 0. The minimum atomic E-state index is -4.62. The zero-order chi connectivity index (χ0) is 24.5. The average molecular weight is 498 g/mol. The maximum atomic E-state index is 13.0. The van der Waals surface area contributed by atoms with Gasteiger partial charge in [-0.3, -0.25) is 4.79 Å². The Morgan fingerprint density at radius 3 is 2.56 bits per heavy atom. The first-order valence-corrected chi connectivity index (χ1v) is 12.4. The molecule has 0 saturated carbocycles. The summed E-state index contributed by atoms with van der Waals surface area (Å²) in [6.45, 7) is 2.08. The van der Waals surface area contributed by atoms with Crippen molar-refractivity contribution in [3.05, 3.63) is 53.6 Å². The fraction of sp³-hybridized carbons (Fsp3) is 0.435. The first-order valence-electron chi connectivity index (χ1n) is 10.9. The maximum Gasteiger partial charge on any atom is 0.416 e. The van der Waals surface area contributed by atoms with E-state index in [-0.39, 0.29) is 34.0 Å². The highest BCUT2D eigenvalue weighted by atomic mass is 32.2. The van der Waals surface area contributed by atoms with Gasteiger partial charge < -0.3 is 20.7 Å². The van der Waals surface area contributed by atoms with Gasteiger partial charge in [-0.25, -0.2) is 8.42 Å². The monoisotopic (exact) mass is 497 g/mol. The summed E-state index contributed by atoms with van der Waals surface area (Å²) in [5.41, 5.74) is -0.301. The van der Waals surface area contributed by atoms with E-state index in [1.54, 1.807) is 12.1 Å². The third-order valence-corrected chi connectivity index (χ3v) is 8.17. The molecule has 34 heavy (non-hydrogen) atoms. The molecule has 0 radical (unpaired) electrons. The van der Waals surface area contributed by atoms with E-state index in [9.17, 15) is 26.4 Å². The van der Waals surface area contributed by atoms with Crippen molar-refractivity contribution in [1.82, 2.24) is 16.0 Å². The molecular weight excluding hydrogens is 471 g/mol. The number of benzene rings is 2. The van der Waals surface area contributed by atoms with Crippen LogP contribution in [-0.2, 0) is 27.4 Å². The number of methoxy groups -OCH3 is 1. The first kappa shape index (κ1) is 24.5. The Morgan fingerprint density at radius 1 is 1.18 bits per heavy atom. The summed E-state index contributed by atoms with van der Waals surface area (Å²) in [5.74, 6) is -0.0391. The van der Waals surface area contributed by atoms with Crippen molar-refractivity contribution in [3.8, 4) is 5.75 Å². The summed E-state index contributed by atoms with van der Waals surface area (Å²) in [6, 6.07) is 8.23. The Balaban J connectivity index is 1.42. The summed E-state index contributed by atoms with van der Waals surface area (Å²) in [5, 5.41) is 9.61. The smallest absolute Gasteiger partial charge is 0.416 e. The summed E-state index contributed by atoms with van der Waals surface area (Å²) in [7, 11) is -3.00. The van der Waals surface area contributed by atoms with Gasteiger partial charge >= 0.3 is 6.18 Å². The second-order valence-corrected chi connectivity index (χ2v) is 10.5. The lowest BCUT2D eigenvalue weighted by Gasteiger charge is -2.25. The lowest BCUT2D eigenvalue weighted by Crippen LogP contribution is -2.45. The molecule has 3 atom stereocenters. The standard InChI is InChI=1S/C23H26F3N3O4S/c1-33-20-11-16(23(24,25)26)4-7-21(20)34(31,32)17-5-2-14(3-6-17)12-28-22(30)19-10-15-13-27-9-8-18(15)29-19/h2-7,11,15,18-19,27,29H,8-10,12-13H2,1H3,(H,28,30). The Bertz CT molecular complexity index is 1140. The Morgan fingerprint density at radius 2 is 1.91 bits per heavy atom. The van der Waals surface area contributed by atoms with Crippen molar-refractivity contribution in [1.29, 1.82) is 0 Å². The van der Waals surface area contributed by atoms with Gasteiger partial charge in [0, 0.05) is 12.6 Å². The van der Waals surface area contributed by atoms with Gasteiger partial charge in [0.05, 0.1) is 23.6 Å². The number of hydrogen-bond acceptors (Lipinski definition) is 6. The highest BCUT2D eigenvalue weighted by Crippen LogP contribution is 2.36. The van der Waals surface area contributed by atoms with Crippen LogP contribution in [0.2, 0.25) is 0 Å². The topological polar surface area (TPSA) is 96.5 Å².